The maximum atomic E-state index is 11.7. The number of nitrogens with zero attached hydrogens (tertiary/aromatic N) is 3. The second-order valence-electron chi connectivity index (χ2n) is 6.85. The van der Waals surface area contributed by atoms with Crippen molar-refractivity contribution in [3.8, 4) is 0 Å². The summed E-state index contributed by atoms with van der Waals surface area (Å²) < 4.78 is 7.22. The standard InChI is InChI=1S/C19H26N4O2/c1-14(2)13-22-8-7-20-18(22)12-21-15(3)16-5-4-6-17(11-16)23-9-10-25-19(23)24/h4-8,11,14-15,21H,9-10,12-13H2,1-3H3/t15-/m1/s1. The molecule has 1 atom stereocenters. The topological polar surface area (TPSA) is 59.4 Å². The average molecular weight is 342 g/mol. The third-order valence-electron chi connectivity index (χ3n) is 4.37. The summed E-state index contributed by atoms with van der Waals surface area (Å²) in [5, 5.41) is 3.53. The maximum absolute atomic E-state index is 11.7. The lowest BCUT2D eigenvalue weighted by Crippen LogP contribution is -2.24. The van der Waals surface area contributed by atoms with Crippen LogP contribution in [0.15, 0.2) is 36.7 Å². The highest BCUT2D eigenvalue weighted by molar-refractivity contribution is 5.89. The van der Waals surface area contributed by atoms with Crippen LogP contribution in [0.4, 0.5) is 10.5 Å². The predicted molar refractivity (Wildman–Crippen MR) is 97.5 cm³/mol. The largest absolute Gasteiger partial charge is 0.447 e. The van der Waals surface area contributed by atoms with Crippen LogP contribution in [0.2, 0.25) is 0 Å². The average Bonchev–Trinajstić information content (AvgIpc) is 3.21. The van der Waals surface area contributed by atoms with Gasteiger partial charge in [-0.15, -0.1) is 0 Å². The number of nitrogens with one attached hydrogen (secondary N) is 1. The molecule has 2 heterocycles. The second-order valence-corrected chi connectivity index (χ2v) is 6.85. The number of anilines is 1. The van der Waals surface area contributed by atoms with E-state index in [2.05, 4.69) is 41.7 Å². The van der Waals surface area contributed by atoms with E-state index in [1.54, 1.807) is 4.90 Å². The zero-order valence-electron chi connectivity index (χ0n) is 15.1. The minimum Gasteiger partial charge on any atom is -0.447 e. The molecule has 0 spiro atoms. The Labute approximate surface area is 148 Å². The summed E-state index contributed by atoms with van der Waals surface area (Å²) in [7, 11) is 0. The summed E-state index contributed by atoms with van der Waals surface area (Å²) in [5.74, 6) is 1.63. The number of hydrogen-bond acceptors (Lipinski definition) is 4. The van der Waals surface area contributed by atoms with Crippen molar-refractivity contribution in [2.75, 3.05) is 18.1 Å². The number of imidazole rings is 1. The first kappa shape index (κ1) is 17.5. The maximum Gasteiger partial charge on any atom is 0.414 e. The Balaban J connectivity index is 1.65. The van der Waals surface area contributed by atoms with Crippen molar-refractivity contribution in [2.24, 2.45) is 5.92 Å². The summed E-state index contributed by atoms with van der Waals surface area (Å²) in [5.41, 5.74) is 2.02. The van der Waals surface area contributed by atoms with Crippen molar-refractivity contribution in [1.29, 1.82) is 0 Å². The molecule has 1 amide bonds. The first-order valence-corrected chi connectivity index (χ1v) is 8.82. The molecule has 0 bridgehead atoms. The molecule has 3 rings (SSSR count). The van der Waals surface area contributed by atoms with E-state index >= 15 is 0 Å². The first-order valence-electron chi connectivity index (χ1n) is 8.82. The number of benzene rings is 1. The van der Waals surface area contributed by atoms with Crippen molar-refractivity contribution in [3.05, 3.63) is 48.0 Å². The van der Waals surface area contributed by atoms with Crippen LogP contribution in [-0.2, 0) is 17.8 Å². The number of hydrogen-bond donors (Lipinski definition) is 1. The molecule has 25 heavy (non-hydrogen) atoms. The lowest BCUT2D eigenvalue weighted by atomic mass is 10.1. The predicted octanol–water partition coefficient (Wildman–Crippen LogP) is 3.35. The molecule has 0 radical (unpaired) electrons. The molecule has 1 aliphatic heterocycles. The quantitative estimate of drug-likeness (QED) is 0.838. The molecule has 1 saturated heterocycles. The zero-order chi connectivity index (χ0) is 17.8. The van der Waals surface area contributed by atoms with Gasteiger partial charge in [0.15, 0.2) is 0 Å². The molecule has 1 aromatic heterocycles. The fraction of sp³-hybridized carbons (Fsp3) is 0.474. The lowest BCUT2D eigenvalue weighted by Gasteiger charge is -2.18. The van der Waals surface area contributed by atoms with Crippen LogP contribution in [0.5, 0.6) is 0 Å². The molecule has 2 aromatic rings. The Morgan fingerprint density at radius 3 is 2.88 bits per heavy atom. The van der Waals surface area contributed by atoms with Crippen molar-refractivity contribution in [3.63, 3.8) is 0 Å². The molecule has 1 aromatic carbocycles. The second kappa shape index (κ2) is 7.70. The van der Waals surface area contributed by atoms with Gasteiger partial charge in [-0.25, -0.2) is 9.78 Å². The van der Waals surface area contributed by atoms with Gasteiger partial charge in [-0.2, -0.15) is 0 Å². The molecular weight excluding hydrogens is 316 g/mol. The number of amides is 1. The smallest absolute Gasteiger partial charge is 0.414 e. The van der Waals surface area contributed by atoms with E-state index in [1.807, 2.05) is 30.6 Å². The van der Waals surface area contributed by atoms with E-state index in [-0.39, 0.29) is 12.1 Å². The van der Waals surface area contributed by atoms with Crippen LogP contribution < -0.4 is 10.2 Å². The minimum absolute atomic E-state index is 0.155. The van der Waals surface area contributed by atoms with Crippen molar-refractivity contribution in [2.45, 2.75) is 39.9 Å². The van der Waals surface area contributed by atoms with Gasteiger partial charge < -0.3 is 14.6 Å². The van der Waals surface area contributed by atoms with Gasteiger partial charge in [-0.1, -0.05) is 26.0 Å². The summed E-state index contributed by atoms with van der Waals surface area (Å²) in [6, 6.07) is 8.20. The fourth-order valence-electron chi connectivity index (χ4n) is 3.02. The number of ether oxygens (including phenoxy) is 1. The van der Waals surface area contributed by atoms with Gasteiger partial charge >= 0.3 is 6.09 Å². The SMILES string of the molecule is CC(C)Cn1ccnc1CN[C@H](C)c1cccc(N2CCOC2=O)c1. The highest BCUT2D eigenvalue weighted by Crippen LogP contribution is 2.23. The van der Waals surface area contributed by atoms with E-state index < -0.39 is 0 Å². The highest BCUT2D eigenvalue weighted by Gasteiger charge is 2.23. The number of aromatic nitrogens is 2. The van der Waals surface area contributed by atoms with Crippen LogP contribution in [0.1, 0.15) is 38.2 Å². The van der Waals surface area contributed by atoms with Gasteiger partial charge in [0.1, 0.15) is 12.4 Å². The molecule has 6 nitrogen and oxygen atoms in total. The van der Waals surface area contributed by atoms with Crippen molar-refractivity contribution in [1.82, 2.24) is 14.9 Å². The molecular formula is C19H26N4O2. The normalized spacial score (nSPS) is 15.7. The molecule has 6 heteroatoms. The Morgan fingerprint density at radius 2 is 2.16 bits per heavy atom. The van der Waals surface area contributed by atoms with Gasteiger partial charge in [0.2, 0.25) is 0 Å². The Morgan fingerprint density at radius 1 is 1.32 bits per heavy atom. The minimum atomic E-state index is -0.270. The molecule has 0 aliphatic carbocycles. The fourth-order valence-corrected chi connectivity index (χ4v) is 3.02. The van der Waals surface area contributed by atoms with Gasteiger partial charge in [0, 0.05) is 30.7 Å². The summed E-state index contributed by atoms with van der Waals surface area (Å²) in [6.07, 6.45) is 3.61. The highest BCUT2D eigenvalue weighted by atomic mass is 16.6. The summed E-state index contributed by atoms with van der Waals surface area (Å²) in [6.45, 7) is 9.27. The zero-order valence-corrected chi connectivity index (χ0v) is 15.1. The molecule has 1 N–H and O–H groups in total. The first-order chi connectivity index (χ1) is 12.0. The van der Waals surface area contributed by atoms with Crippen LogP contribution in [0.25, 0.3) is 0 Å². The lowest BCUT2D eigenvalue weighted by molar-refractivity contribution is 0.181. The van der Waals surface area contributed by atoms with Gasteiger partial charge in [0.05, 0.1) is 13.1 Å². The number of carbonyl (C=O) groups excluding carboxylic acids is 1. The number of carbonyl (C=O) groups is 1. The number of rotatable bonds is 7. The molecule has 0 saturated carbocycles. The van der Waals surface area contributed by atoms with Crippen LogP contribution in [0.3, 0.4) is 0 Å². The molecule has 134 valence electrons. The monoisotopic (exact) mass is 342 g/mol. The Bertz CT molecular complexity index is 726. The van der Waals surface area contributed by atoms with Crippen LogP contribution in [0, 0.1) is 5.92 Å². The summed E-state index contributed by atoms with van der Waals surface area (Å²) >= 11 is 0. The van der Waals surface area contributed by atoms with Gasteiger partial charge in [0.25, 0.3) is 0 Å². The Hall–Kier alpha value is -2.34. The third kappa shape index (κ3) is 4.20. The van der Waals surface area contributed by atoms with E-state index in [0.29, 0.717) is 25.6 Å². The molecule has 1 fully saturated rings. The third-order valence-corrected chi connectivity index (χ3v) is 4.37. The van der Waals surface area contributed by atoms with Crippen molar-refractivity contribution < 1.29 is 9.53 Å². The van der Waals surface area contributed by atoms with Crippen LogP contribution in [-0.4, -0.2) is 28.8 Å². The summed E-state index contributed by atoms with van der Waals surface area (Å²) in [4.78, 5) is 17.9. The van der Waals surface area contributed by atoms with Crippen molar-refractivity contribution >= 4 is 11.8 Å². The van der Waals surface area contributed by atoms with E-state index in [9.17, 15) is 4.79 Å². The van der Waals surface area contributed by atoms with E-state index in [4.69, 9.17) is 4.74 Å². The molecule has 1 aliphatic rings. The van der Waals surface area contributed by atoms with E-state index in [0.717, 1.165) is 23.6 Å². The van der Waals surface area contributed by atoms with Crippen LogP contribution >= 0.6 is 0 Å². The molecule has 0 unspecified atom stereocenters. The van der Waals surface area contributed by atoms with Gasteiger partial charge in [-0.05, 0) is 30.5 Å². The number of cyclic esters (lactones) is 1. The van der Waals surface area contributed by atoms with E-state index in [1.165, 1.54) is 0 Å². The van der Waals surface area contributed by atoms with Gasteiger partial charge in [-0.3, -0.25) is 4.90 Å². The Kier molecular flexibility index (Phi) is 5.38.